The average Bonchev–Trinajstić information content (AvgIpc) is 2.73. The summed E-state index contributed by atoms with van der Waals surface area (Å²) in [6.07, 6.45) is 3.29. The third-order valence-corrected chi connectivity index (χ3v) is 5.46. The predicted molar refractivity (Wildman–Crippen MR) is 119 cm³/mol. The fourth-order valence-electron chi connectivity index (χ4n) is 3.72. The van der Waals surface area contributed by atoms with Crippen molar-refractivity contribution in [2.45, 2.75) is 65.1 Å². The first-order chi connectivity index (χ1) is 14.8. The summed E-state index contributed by atoms with van der Waals surface area (Å²) in [4.78, 5) is 26.5. The van der Waals surface area contributed by atoms with Gasteiger partial charge in [-0.3, -0.25) is 9.69 Å². The van der Waals surface area contributed by atoms with Crippen molar-refractivity contribution in [3.8, 4) is 11.5 Å². The van der Waals surface area contributed by atoms with Crippen molar-refractivity contribution in [2.24, 2.45) is 5.92 Å². The minimum atomic E-state index is -0.232. The van der Waals surface area contributed by atoms with Crippen molar-refractivity contribution in [3.05, 3.63) is 23.8 Å². The first-order valence-corrected chi connectivity index (χ1v) is 11.1. The Morgan fingerprint density at radius 3 is 2.58 bits per heavy atom. The van der Waals surface area contributed by atoms with E-state index in [9.17, 15) is 14.7 Å². The molecule has 174 valence electrons. The highest BCUT2D eigenvalue weighted by Gasteiger charge is 2.23. The largest absolute Gasteiger partial charge is 0.504 e. The van der Waals surface area contributed by atoms with Gasteiger partial charge >= 0.3 is 12.0 Å². The number of nitrogens with one attached hydrogen (secondary N) is 2. The van der Waals surface area contributed by atoms with Crippen LogP contribution in [0.15, 0.2) is 18.2 Å². The molecule has 0 spiro atoms. The number of benzene rings is 1. The molecule has 1 unspecified atom stereocenters. The van der Waals surface area contributed by atoms with Gasteiger partial charge in [-0.1, -0.05) is 26.8 Å². The number of carbonyl (C=O) groups is 2. The predicted octanol–water partition coefficient (Wildman–Crippen LogP) is 3.03. The third-order valence-electron chi connectivity index (χ3n) is 5.46. The van der Waals surface area contributed by atoms with Crippen LogP contribution in [0.4, 0.5) is 4.79 Å². The second-order valence-corrected chi connectivity index (χ2v) is 8.53. The number of nitrogens with zero attached hydrogens (tertiary/aromatic N) is 1. The smallest absolute Gasteiger partial charge is 0.320 e. The molecule has 1 saturated heterocycles. The van der Waals surface area contributed by atoms with Crippen LogP contribution < -0.4 is 15.4 Å². The summed E-state index contributed by atoms with van der Waals surface area (Å²) in [5.74, 6) is 0.777. The van der Waals surface area contributed by atoms with Crippen LogP contribution in [-0.2, 0) is 16.1 Å². The molecule has 3 N–H and O–H groups in total. The number of aromatic hydroxyl groups is 1. The van der Waals surface area contributed by atoms with Crippen LogP contribution in [0.3, 0.4) is 0 Å². The summed E-state index contributed by atoms with van der Waals surface area (Å²) >= 11 is 0. The molecule has 1 aromatic carbocycles. The zero-order chi connectivity index (χ0) is 22.8. The Labute approximate surface area is 185 Å². The molecule has 1 aliphatic rings. The lowest BCUT2D eigenvalue weighted by Gasteiger charge is -2.32. The highest BCUT2D eigenvalue weighted by molar-refractivity contribution is 5.74. The SMILES string of the molecule is CCC(CC(C)C)OC(=O)CN1CCC(NC(=O)NCc2ccc(O)c(OC)c2)CC1. The number of esters is 1. The number of likely N-dealkylation sites (tertiary alicyclic amines) is 1. The number of urea groups is 1. The van der Waals surface area contributed by atoms with E-state index in [0.717, 1.165) is 44.3 Å². The quantitative estimate of drug-likeness (QED) is 0.489. The fraction of sp³-hybridized carbons (Fsp3) is 0.652. The number of ether oxygens (including phenoxy) is 2. The van der Waals surface area contributed by atoms with Crippen LogP contribution >= 0.6 is 0 Å². The van der Waals surface area contributed by atoms with Crippen LogP contribution in [0, 0.1) is 5.92 Å². The number of phenols is 1. The van der Waals surface area contributed by atoms with E-state index in [-0.39, 0.29) is 29.9 Å². The molecule has 1 atom stereocenters. The highest BCUT2D eigenvalue weighted by Crippen LogP contribution is 2.26. The van der Waals surface area contributed by atoms with Crippen LogP contribution in [-0.4, -0.2) is 60.9 Å². The average molecular weight is 436 g/mol. The van der Waals surface area contributed by atoms with E-state index in [4.69, 9.17) is 9.47 Å². The van der Waals surface area contributed by atoms with Gasteiger partial charge in [0.2, 0.25) is 0 Å². The van der Waals surface area contributed by atoms with Gasteiger partial charge in [0.25, 0.3) is 0 Å². The van der Waals surface area contributed by atoms with Crippen molar-refractivity contribution in [1.82, 2.24) is 15.5 Å². The van der Waals surface area contributed by atoms with Crippen molar-refractivity contribution in [2.75, 3.05) is 26.7 Å². The molecule has 0 aromatic heterocycles. The summed E-state index contributed by atoms with van der Waals surface area (Å²) in [5.41, 5.74) is 0.834. The number of rotatable bonds is 10. The Bertz CT molecular complexity index is 717. The van der Waals surface area contributed by atoms with Crippen molar-refractivity contribution in [1.29, 1.82) is 0 Å². The molecule has 1 aliphatic heterocycles. The van der Waals surface area contributed by atoms with Gasteiger partial charge in [0.1, 0.15) is 6.10 Å². The lowest BCUT2D eigenvalue weighted by molar-refractivity contribution is -0.151. The maximum absolute atomic E-state index is 12.2. The van der Waals surface area contributed by atoms with Crippen molar-refractivity contribution in [3.63, 3.8) is 0 Å². The van der Waals surface area contributed by atoms with Crippen LogP contribution in [0.1, 0.15) is 52.0 Å². The number of hydrogen-bond acceptors (Lipinski definition) is 6. The van der Waals surface area contributed by atoms with Crippen LogP contribution in [0.2, 0.25) is 0 Å². The fourth-order valence-corrected chi connectivity index (χ4v) is 3.72. The number of amides is 2. The molecule has 8 heteroatoms. The minimum Gasteiger partial charge on any atom is -0.504 e. The summed E-state index contributed by atoms with van der Waals surface area (Å²) < 4.78 is 10.7. The van der Waals surface area contributed by atoms with E-state index >= 15 is 0 Å². The van der Waals surface area contributed by atoms with E-state index in [0.29, 0.717) is 24.8 Å². The van der Waals surface area contributed by atoms with Crippen molar-refractivity contribution < 1.29 is 24.2 Å². The monoisotopic (exact) mass is 435 g/mol. The summed E-state index contributed by atoms with van der Waals surface area (Å²) in [7, 11) is 1.48. The van der Waals surface area contributed by atoms with Gasteiger partial charge in [-0.2, -0.15) is 0 Å². The minimum absolute atomic E-state index is 0.0102. The van der Waals surface area contributed by atoms with Crippen LogP contribution in [0.5, 0.6) is 11.5 Å². The van der Waals surface area contributed by atoms with Gasteiger partial charge < -0.3 is 25.2 Å². The van der Waals surface area contributed by atoms with Gasteiger partial charge in [0.05, 0.1) is 13.7 Å². The molecule has 8 nitrogen and oxygen atoms in total. The summed E-state index contributed by atoms with van der Waals surface area (Å²) in [6, 6.07) is 4.81. The first kappa shape index (κ1) is 24.8. The zero-order valence-corrected chi connectivity index (χ0v) is 19.1. The summed E-state index contributed by atoms with van der Waals surface area (Å²) in [6.45, 7) is 8.43. The lowest BCUT2D eigenvalue weighted by atomic mass is 10.0. The normalized spacial score (nSPS) is 16.0. The molecule has 0 radical (unpaired) electrons. The van der Waals surface area contributed by atoms with Crippen molar-refractivity contribution >= 4 is 12.0 Å². The topological polar surface area (TPSA) is 100 Å². The second kappa shape index (κ2) is 12.4. The molecule has 1 fully saturated rings. The van der Waals surface area contributed by atoms with Gasteiger partial charge in [-0.05, 0) is 49.3 Å². The van der Waals surface area contributed by atoms with Gasteiger partial charge in [-0.25, -0.2) is 4.79 Å². The second-order valence-electron chi connectivity index (χ2n) is 8.53. The number of methoxy groups -OCH3 is 1. The zero-order valence-electron chi connectivity index (χ0n) is 19.1. The molecule has 0 saturated carbocycles. The maximum atomic E-state index is 12.2. The molecule has 1 aromatic rings. The van der Waals surface area contributed by atoms with Gasteiger partial charge in [-0.15, -0.1) is 0 Å². The number of carbonyl (C=O) groups excluding carboxylic acids is 2. The Hall–Kier alpha value is -2.48. The lowest BCUT2D eigenvalue weighted by Crippen LogP contribution is -2.48. The van der Waals surface area contributed by atoms with E-state index < -0.39 is 0 Å². The van der Waals surface area contributed by atoms with Gasteiger partial charge in [0.15, 0.2) is 11.5 Å². The number of phenolic OH excluding ortho intramolecular Hbond substituents is 1. The van der Waals surface area contributed by atoms with E-state index in [2.05, 4.69) is 29.4 Å². The van der Waals surface area contributed by atoms with E-state index in [1.165, 1.54) is 7.11 Å². The highest BCUT2D eigenvalue weighted by atomic mass is 16.5. The molecule has 0 aliphatic carbocycles. The first-order valence-electron chi connectivity index (χ1n) is 11.1. The third kappa shape index (κ3) is 8.65. The number of piperidine rings is 1. The Morgan fingerprint density at radius 2 is 1.97 bits per heavy atom. The van der Waals surface area contributed by atoms with E-state index in [1.807, 2.05) is 6.92 Å². The van der Waals surface area contributed by atoms with E-state index in [1.54, 1.807) is 18.2 Å². The number of hydrogen-bond donors (Lipinski definition) is 3. The molecule has 2 rings (SSSR count). The molecule has 1 heterocycles. The van der Waals surface area contributed by atoms with Gasteiger partial charge in [0, 0.05) is 25.7 Å². The Morgan fingerprint density at radius 1 is 1.26 bits per heavy atom. The standard InChI is InChI=1S/C23H37N3O5/c1-5-19(12-16(2)3)31-22(28)15-26-10-8-18(9-11-26)25-23(29)24-14-17-6-7-20(27)21(13-17)30-4/h6-7,13,16,18-19,27H,5,8-12,14-15H2,1-4H3,(H2,24,25,29). The molecule has 2 amide bonds. The summed E-state index contributed by atoms with van der Waals surface area (Å²) in [5, 5.41) is 15.5. The molecular weight excluding hydrogens is 398 g/mol. The van der Waals surface area contributed by atoms with Crippen LogP contribution in [0.25, 0.3) is 0 Å². The molecule has 0 bridgehead atoms. The molecule has 31 heavy (non-hydrogen) atoms. The Kier molecular flexibility index (Phi) is 9.91. The Balaban J connectivity index is 1.68. The maximum Gasteiger partial charge on any atom is 0.320 e. The molecular formula is C23H37N3O5.